The number of rotatable bonds is 3. The lowest BCUT2D eigenvalue weighted by Crippen LogP contribution is -2.42. The summed E-state index contributed by atoms with van der Waals surface area (Å²) in [6, 6.07) is 1.33. The fourth-order valence-electron chi connectivity index (χ4n) is 2.32. The molecule has 2 rings (SSSR count). The van der Waals surface area contributed by atoms with Gasteiger partial charge in [0.25, 0.3) is 5.91 Å². The Morgan fingerprint density at radius 2 is 1.95 bits per heavy atom. The van der Waals surface area contributed by atoms with Gasteiger partial charge in [-0.15, -0.1) is 11.3 Å². The van der Waals surface area contributed by atoms with Gasteiger partial charge < -0.3 is 10.1 Å². The normalized spacial score (nSPS) is 16.0. The number of esters is 1. The van der Waals surface area contributed by atoms with Gasteiger partial charge in [-0.25, -0.2) is 4.79 Å². The first kappa shape index (κ1) is 16.0. The molecule has 0 fully saturated rings. The first-order valence-electron chi connectivity index (χ1n) is 7.41. The molecular weight excluding hydrogens is 286 g/mol. The van der Waals surface area contributed by atoms with Crippen molar-refractivity contribution in [2.75, 3.05) is 0 Å². The summed E-state index contributed by atoms with van der Waals surface area (Å²) in [6.45, 7) is 7.09. The molecule has 1 aliphatic rings. The van der Waals surface area contributed by atoms with Gasteiger partial charge in [-0.2, -0.15) is 0 Å². The molecule has 0 aromatic carbocycles. The Kier molecular flexibility index (Phi) is 4.71. The third-order valence-electron chi connectivity index (χ3n) is 3.33. The van der Waals surface area contributed by atoms with Gasteiger partial charge in [0.2, 0.25) is 0 Å². The van der Waals surface area contributed by atoms with Crippen LogP contribution >= 0.6 is 11.3 Å². The smallest absolute Gasteiger partial charge is 0.328 e. The molecule has 1 amide bonds. The summed E-state index contributed by atoms with van der Waals surface area (Å²) in [5.41, 5.74) is 0.749. The number of nitrogens with one attached hydrogen (secondary N) is 1. The summed E-state index contributed by atoms with van der Waals surface area (Å²) in [7, 11) is 0. The maximum absolute atomic E-state index is 12.2. The van der Waals surface area contributed by atoms with E-state index in [0.29, 0.717) is 4.88 Å². The summed E-state index contributed by atoms with van der Waals surface area (Å²) in [5, 5.41) is 2.72. The lowest BCUT2D eigenvalue weighted by atomic mass is 9.99. The topological polar surface area (TPSA) is 55.4 Å². The number of ether oxygens (including phenoxy) is 1. The van der Waals surface area contributed by atoms with Crippen molar-refractivity contribution < 1.29 is 14.3 Å². The fourth-order valence-corrected chi connectivity index (χ4v) is 3.48. The van der Waals surface area contributed by atoms with Crippen molar-refractivity contribution in [1.29, 1.82) is 0 Å². The van der Waals surface area contributed by atoms with Crippen LogP contribution in [0.2, 0.25) is 0 Å². The largest absolute Gasteiger partial charge is 0.458 e. The predicted molar refractivity (Wildman–Crippen MR) is 83.7 cm³/mol. The minimum atomic E-state index is -0.643. The Labute approximate surface area is 129 Å². The SMILES string of the molecule is C[C@@H](NC(=O)c1cc2c(s1)CCCC2)C(=O)OC(C)(C)C. The van der Waals surface area contributed by atoms with E-state index in [1.165, 1.54) is 23.3 Å². The highest BCUT2D eigenvalue weighted by atomic mass is 32.1. The molecule has 1 atom stereocenters. The van der Waals surface area contributed by atoms with Crippen molar-refractivity contribution in [2.24, 2.45) is 0 Å². The van der Waals surface area contributed by atoms with Crippen LogP contribution in [0.15, 0.2) is 6.07 Å². The van der Waals surface area contributed by atoms with Crippen LogP contribution in [0.5, 0.6) is 0 Å². The minimum Gasteiger partial charge on any atom is -0.458 e. The van der Waals surface area contributed by atoms with Crippen LogP contribution in [0.3, 0.4) is 0 Å². The van der Waals surface area contributed by atoms with E-state index in [-0.39, 0.29) is 5.91 Å². The number of carbonyl (C=O) groups is 2. The van der Waals surface area contributed by atoms with Crippen LogP contribution in [0.25, 0.3) is 0 Å². The summed E-state index contributed by atoms with van der Waals surface area (Å²) < 4.78 is 5.27. The lowest BCUT2D eigenvalue weighted by molar-refractivity contribution is -0.156. The van der Waals surface area contributed by atoms with E-state index in [2.05, 4.69) is 5.32 Å². The van der Waals surface area contributed by atoms with E-state index in [0.717, 1.165) is 12.8 Å². The van der Waals surface area contributed by atoms with Crippen LogP contribution < -0.4 is 5.32 Å². The van der Waals surface area contributed by atoms with Crippen LogP contribution in [-0.4, -0.2) is 23.5 Å². The monoisotopic (exact) mass is 309 g/mol. The van der Waals surface area contributed by atoms with Crippen molar-refractivity contribution >= 4 is 23.2 Å². The molecule has 0 saturated heterocycles. The Morgan fingerprint density at radius 1 is 1.29 bits per heavy atom. The third kappa shape index (κ3) is 4.30. The van der Waals surface area contributed by atoms with E-state index in [4.69, 9.17) is 4.74 Å². The molecule has 116 valence electrons. The van der Waals surface area contributed by atoms with E-state index in [1.807, 2.05) is 26.8 Å². The summed E-state index contributed by atoms with van der Waals surface area (Å²) >= 11 is 1.55. The highest BCUT2D eigenvalue weighted by Crippen LogP contribution is 2.29. The molecule has 1 aromatic rings. The fraction of sp³-hybridized carbons (Fsp3) is 0.625. The Bertz CT molecular complexity index is 519. The van der Waals surface area contributed by atoms with Gasteiger partial charge >= 0.3 is 5.97 Å². The molecule has 0 bridgehead atoms. The first-order chi connectivity index (χ1) is 9.76. The Hall–Kier alpha value is -1.36. The number of fused-ring (bicyclic) bond motifs is 1. The van der Waals surface area contributed by atoms with Crippen molar-refractivity contribution in [3.8, 4) is 0 Å². The van der Waals surface area contributed by atoms with E-state index in [9.17, 15) is 9.59 Å². The van der Waals surface area contributed by atoms with Crippen LogP contribution in [0.1, 0.15) is 60.6 Å². The lowest BCUT2D eigenvalue weighted by Gasteiger charge is -2.22. The molecule has 0 spiro atoms. The number of thiophene rings is 1. The zero-order valence-corrected chi connectivity index (χ0v) is 13.9. The highest BCUT2D eigenvalue weighted by Gasteiger charge is 2.24. The average Bonchev–Trinajstić information content (AvgIpc) is 2.80. The number of hydrogen-bond donors (Lipinski definition) is 1. The maximum atomic E-state index is 12.2. The molecule has 4 nitrogen and oxygen atoms in total. The number of carbonyl (C=O) groups excluding carboxylic acids is 2. The first-order valence-corrected chi connectivity index (χ1v) is 8.23. The van der Waals surface area contributed by atoms with Crippen molar-refractivity contribution in [3.63, 3.8) is 0 Å². The molecule has 1 heterocycles. The van der Waals surface area contributed by atoms with E-state index >= 15 is 0 Å². The van der Waals surface area contributed by atoms with Crippen molar-refractivity contribution in [1.82, 2.24) is 5.32 Å². The zero-order chi connectivity index (χ0) is 15.6. The highest BCUT2D eigenvalue weighted by molar-refractivity contribution is 7.14. The van der Waals surface area contributed by atoms with Gasteiger partial charge in [0.15, 0.2) is 0 Å². The predicted octanol–water partition coefficient (Wildman–Crippen LogP) is 3.09. The molecule has 0 saturated carbocycles. The molecule has 0 aliphatic heterocycles. The minimum absolute atomic E-state index is 0.187. The molecule has 21 heavy (non-hydrogen) atoms. The number of hydrogen-bond acceptors (Lipinski definition) is 4. The second-order valence-corrected chi connectivity index (χ2v) is 7.63. The van der Waals surface area contributed by atoms with Crippen LogP contribution in [-0.2, 0) is 22.4 Å². The second kappa shape index (κ2) is 6.18. The third-order valence-corrected chi connectivity index (χ3v) is 4.56. The quantitative estimate of drug-likeness (QED) is 0.873. The molecule has 0 radical (unpaired) electrons. The van der Waals surface area contributed by atoms with Crippen LogP contribution in [0, 0.1) is 0 Å². The van der Waals surface area contributed by atoms with Gasteiger partial charge in [0.1, 0.15) is 11.6 Å². The summed E-state index contributed by atoms with van der Waals surface area (Å²) in [6.07, 6.45) is 4.51. The number of aryl methyl sites for hydroxylation is 2. The second-order valence-electron chi connectivity index (χ2n) is 6.49. The molecule has 0 unspecified atom stereocenters. The van der Waals surface area contributed by atoms with Gasteiger partial charge in [0.05, 0.1) is 4.88 Å². The molecule has 1 aliphatic carbocycles. The zero-order valence-electron chi connectivity index (χ0n) is 13.1. The van der Waals surface area contributed by atoms with Crippen molar-refractivity contribution in [3.05, 3.63) is 21.4 Å². The van der Waals surface area contributed by atoms with E-state index < -0.39 is 17.6 Å². The molecule has 1 aromatic heterocycles. The van der Waals surface area contributed by atoms with Gasteiger partial charge in [0, 0.05) is 4.88 Å². The maximum Gasteiger partial charge on any atom is 0.328 e. The van der Waals surface area contributed by atoms with Gasteiger partial charge in [-0.1, -0.05) is 0 Å². The van der Waals surface area contributed by atoms with Crippen LogP contribution in [0.4, 0.5) is 0 Å². The molecule has 1 N–H and O–H groups in total. The standard InChI is InChI=1S/C16H23NO3S/c1-10(15(19)20-16(2,3)4)17-14(18)13-9-11-7-5-6-8-12(11)21-13/h9-10H,5-8H2,1-4H3,(H,17,18)/t10-/m1/s1. The van der Waals surface area contributed by atoms with Crippen molar-refractivity contribution in [2.45, 2.75) is 65.0 Å². The van der Waals surface area contributed by atoms with Gasteiger partial charge in [-0.3, -0.25) is 4.79 Å². The van der Waals surface area contributed by atoms with Gasteiger partial charge in [-0.05, 0) is 65.0 Å². The Balaban J connectivity index is 1.97. The summed E-state index contributed by atoms with van der Waals surface area (Å²) in [5.74, 6) is -0.593. The summed E-state index contributed by atoms with van der Waals surface area (Å²) in [4.78, 5) is 26.1. The Morgan fingerprint density at radius 3 is 2.57 bits per heavy atom. The molecule has 5 heteroatoms. The average molecular weight is 309 g/mol. The molecular formula is C16H23NO3S. The number of amides is 1. The van der Waals surface area contributed by atoms with E-state index in [1.54, 1.807) is 18.3 Å².